The smallest absolute Gasteiger partial charge is 0.248 e. The van der Waals surface area contributed by atoms with Crippen LogP contribution in [0.4, 0.5) is 11.4 Å². The van der Waals surface area contributed by atoms with Crippen molar-refractivity contribution in [1.82, 2.24) is 0 Å². The summed E-state index contributed by atoms with van der Waals surface area (Å²) in [4.78, 5) is 23.7. The summed E-state index contributed by atoms with van der Waals surface area (Å²) in [6, 6.07) is 16.8. The third-order valence-electron chi connectivity index (χ3n) is 3.57. The van der Waals surface area contributed by atoms with Gasteiger partial charge >= 0.3 is 0 Å². The van der Waals surface area contributed by atoms with Crippen molar-refractivity contribution in [2.24, 2.45) is 5.92 Å². The van der Waals surface area contributed by atoms with Gasteiger partial charge in [0.1, 0.15) is 0 Å². The highest BCUT2D eigenvalue weighted by Gasteiger charge is 2.29. The highest BCUT2D eigenvalue weighted by molar-refractivity contribution is 6.02. The fraction of sp³-hybridized carbons (Fsp3) is 0.158. The summed E-state index contributed by atoms with van der Waals surface area (Å²) in [6.07, 6.45) is 5.18. The zero-order valence-electron chi connectivity index (χ0n) is 12.7. The van der Waals surface area contributed by atoms with Crippen molar-refractivity contribution < 1.29 is 9.59 Å². The second-order valence-electron chi connectivity index (χ2n) is 5.58. The maximum Gasteiger partial charge on any atom is 0.248 e. The van der Waals surface area contributed by atoms with E-state index in [2.05, 4.69) is 10.6 Å². The average molecular weight is 306 g/mol. The Hall–Kier alpha value is -2.88. The number of benzene rings is 2. The van der Waals surface area contributed by atoms with E-state index in [-0.39, 0.29) is 17.7 Å². The first-order valence-corrected chi connectivity index (χ1v) is 7.66. The summed E-state index contributed by atoms with van der Waals surface area (Å²) in [5.74, 6) is -0.000902. The Morgan fingerprint density at radius 3 is 2.30 bits per heavy atom. The molecule has 1 saturated carbocycles. The molecule has 0 saturated heterocycles. The van der Waals surface area contributed by atoms with E-state index in [1.165, 1.54) is 6.08 Å². The van der Waals surface area contributed by atoms with E-state index in [1.807, 2.05) is 36.4 Å². The van der Waals surface area contributed by atoms with Crippen LogP contribution >= 0.6 is 0 Å². The van der Waals surface area contributed by atoms with Crippen molar-refractivity contribution >= 4 is 29.3 Å². The Morgan fingerprint density at radius 2 is 1.61 bits per heavy atom. The van der Waals surface area contributed by atoms with E-state index in [1.54, 1.807) is 24.3 Å². The number of anilines is 2. The van der Waals surface area contributed by atoms with Crippen LogP contribution in [0.5, 0.6) is 0 Å². The lowest BCUT2D eigenvalue weighted by molar-refractivity contribution is -0.117. The van der Waals surface area contributed by atoms with Crippen LogP contribution in [0.3, 0.4) is 0 Å². The van der Waals surface area contributed by atoms with Crippen LogP contribution in [0.15, 0.2) is 60.7 Å². The Bertz CT molecular complexity index is 734. The van der Waals surface area contributed by atoms with E-state index in [0.717, 1.165) is 18.4 Å². The fourth-order valence-electron chi connectivity index (χ4n) is 2.18. The van der Waals surface area contributed by atoms with Gasteiger partial charge in [0.25, 0.3) is 0 Å². The van der Waals surface area contributed by atoms with Gasteiger partial charge in [-0.05, 0) is 42.7 Å². The van der Waals surface area contributed by atoms with Crippen molar-refractivity contribution in [2.75, 3.05) is 10.6 Å². The molecule has 2 amide bonds. The van der Waals surface area contributed by atoms with Gasteiger partial charge in [-0.15, -0.1) is 0 Å². The maximum atomic E-state index is 12.0. The molecule has 1 aliphatic rings. The minimum absolute atomic E-state index is 0.0532. The molecule has 0 heterocycles. The van der Waals surface area contributed by atoms with E-state index < -0.39 is 0 Å². The summed E-state index contributed by atoms with van der Waals surface area (Å²) in [7, 11) is 0. The normalized spacial score (nSPS) is 13.7. The zero-order valence-corrected chi connectivity index (χ0v) is 12.7. The molecule has 4 nitrogen and oxygen atoms in total. The van der Waals surface area contributed by atoms with Gasteiger partial charge in [-0.2, -0.15) is 0 Å². The molecule has 0 aromatic heterocycles. The molecule has 116 valence electrons. The summed E-state index contributed by atoms with van der Waals surface area (Å²) in [6.45, 7) is 0. The fourth-order valence-corrected chi connectivity index (χ4v) is 2.18. The molecule has 23 heavy (non-hydrogen) atoms. The van der Waals surface area contributed by atoms with Gasteiger partial charge in [-0.3, -0.25) is 9.59 Å². The van der Waals surface area contributed by atoms with Gasteiger partial charge in [0.15, 0.2) is 0 Å². The van der Waals surface area contributed by atoms with Crippen molar-refractivity contribution in [3.63, 3.8) is 0 Å². The van der Waals surface area contributed by atoms with Crippen molar-refractivity contribution in [3.8, 4) is 0 Å². The molecule has 3 rings (SSSR count). The van der Waals surface area contributed by atoms with Gasteiger partial charge in [0.2, 0.25) is 11.8 Å². The highest BCUT2D eigenvalue weighted by Crippen LogP contribution is 2.30. The number of amides is 2. The number of carbonyl (C=O) groups is 2. The summed E-state index contributed by atoms with van der Waals surface area (Å²) < 4.78 is 0. The van der Waals surface area contributed by atoms with E-state index in [0.29, 0.717) is 11.4 Å². The van der Waals surface area contributed by atoms with Crippen LogP contribution in [0, 0.1) is 5.92 Å². The molecule has 1 fully saturated rings. The SMILES string of the molecule is O=C(C=Cc1ccccc1)Nc1cccc(NC(=O)C2CC2)c1. The number of rotatable bonds is 5. The number of hydrogen-bond donors (Lipinski definition) is 2. The molecule has 0 spiro atoms. The van der Waals surface area contributed by atoms with E-state index >= 15 is 0 Å². The topological polar surface area (TPSA) is 58.2 Å². The molecule has 0 radical (unpaired) electrons. The molecule has 2 aromatic carbocycles. The molecule has 0 unspecified atom stereocenters. The quantitative estimate of drug-likeness (QED) is 0.828. The Kier molecular flexibility index (Phi) is 4.52. The average Bonchev–Trinajstić information content (AvgIpc) is 3.39. The molecule has 2 N–H and O–H groups in total. The lowest BCUT2D eigenvalue weighted by Gasteiger charge is -2.07. The Balaban J connectivity index is 1.59. The van der Waals surface area contributed by atoms with Crippen LogP contribution in [-0.4, -0.2) is 11.8 Å². The molecule has 4 heteroatoms. The standard InChI is InChI=1S/C19H18N2O2/c22-18(12-9-14-5-2-1-3-6-14)20-16-7-4-8-17(13-16)21-19(23)15-10-11-15/h1-9,12-13,15H,10-11H2,(H,20,22)(H,21,23). The third-order valence-corrected chi connectivity index (χ3v) is 3.57. The first-order chi connectivity index (χ1) is 11.2. The molecule has 0 atom stereocenters. The van der Waals surface area contributed by atoms with Crippen LogP contribution in [-0.2, 0) is 9.59 Å². The summed E-state index contributed by atoms with van der Waals surface area (Å²) in [5.41, 5.74) is 2.32. The van der Waals surface area contributed by atoms with Gasteiger partial charge in [-0.25, -0.2) is 0 Å². The third kappa shape index (κ3) is 4.54. The number of carbonyl (C=O) groups excluding carboxylic acids is 2. The molecule has 0 bridgehead atoms. The molecule has 2 aromatic rings. The summed E-state index contributed by atoms with van der Waals surface area (Å²) >= 11 is 0. The Morgan fingerprint density at radius 1 is 0.913 bits per heavy atom. The minimum atomic E-state index is -0.209. The second kappa shape index (κ2) is 6.92. The highest BCUT2D eigenvalue weighted by atomic mass is 16.2. The predicted molar refractivity (Wildman–Crippen MR) is 91.9 cm³/mol. The maximum absolute atomic E-state index is 12.0. The van der Waals surface area contributed by atoms with Crippen LogP contribution in [0.2, 0.25) is 0 Å². The van der Waals surface area contributed by atoms with Crippen molar-refractivity contribution in [2.45, 2.75) is 12.8 Å². The van der Waals surface area contributed by atoms with E-state index in [4.69, 9.17) is 0 Å². The van der Waals surface area contributed by atoms with Crippen molar-refractivity contribution in [3.05, 3.63) is 66.2 Å². The predicted octanol–water partition coefficient (Wildman–Crippen LogP) is 3.69. The van der Waals surface area contributed by atoms with Gasteiger partial charge in [0.05, 0.1) is 0 Å². The van der Waals surface area contributed by atoms with Crippen LogP contribution in [0.1, 0.15) is 18.4 Å². The number of nitrogens with one attached hydrogen (secondary N) is 2. The lowest BCUT2D eigenvalue weighted by atomic mass is 10.2. The molecule has 0 aliphatic heterocycles. The summed E-state index contributed by atoms with van der Waals surface area (Å²) in [5, 5.41) is 5.66. The second-order valence-corrected chi connectivity index (χ2v) is 5.58. The number of hydrogen-bond acceptors (Lipinski definition) is 2. The minimum Gasteiger partial charge on any atom is -0.326 e. The molecular weight excluding hydrogens is 288 g/mol. The van der Waals surface area contributed by atoms with Crippen LogP contribution < -0.4 is 10.6 Å². The van der Waals surface area contributed by atoms with Gasteiger partial charge in [-0.1, -0.05) is 36.4 Å². The largest absolute Gasteiger partial charge is 0.326 e. The first kappa shape index (κ1) is 15.0. The molecular formula is C19H18N2O2. The van der Waals surface area contributed by atoms with Gasteiger partial charge < -0.3 is 10.6 Å². The monoisotopic (exact) mass is 306 g/mol. The van der Waals surface area contributed by atoms with Crippen molar-refractivity contribution in [1.29, 1.82) is 0 Å². The van der Waals surface area contributed by atoms with Gasteiger partial charge in [0, 0.05) is 23.4 Å². The zero-order chi connectivity index (χ0) is 16.1. The first-order valence-electron chi connectivity index (χ1n) is 7.66. The Labute approximate surface area is 135 Å². The lowest BCUT2D eigenvalue weighted by Crippen LogP contribution is -2.14. The van der Waals surface area contributed by atoms with E-state index in [9.17, 15) is 9.59 Å². The van der Waals surface area contributed by atoms with Crippen LogP contribution in [0.25, 0.3) is 6.08 Å². The molecule has 1 aliphatic carbocycles.